The van der Waals surface area contributed by atoms with Gasteiger partial charge in [-0.05, 0) is 36.8 Å². The predicted octanol–water partition coefficient (Wildman–Crippen LogP) is 3.40. The summed E-state index contributed by atoms with van der Waals surface area (Å²) in [5.74, 6) is -0.725. The molecule has 0 radical (unpaired) electrons. The van der Waals surface area contributed by atoms with Gasteiger partial charge in [-0.3, -0.25) is 14.8 Å². The smallest absolute Gasteiger partial charge is 0.310 e. The molecule has 0 aliphatic heterocycles. The lowest BCUT2D eigenvalue weighted by atomic mass is 10.0. The van der Waals surface area contributed by atoms with Crippen molar-refractivity contribution in [1.82, 2.24) is 9.97 Å². The van der Waals surface area contributed by atoms with Crippen molar-refractivity contribution >= 4 is 22.6 Å². The second-order valence-electron chi connectivity index (χ2n) is 5.68. The number of anilines is 1. The number of carbonyl (C=O) groups excluding carboxylic acids is 1. The summed E-state index contributed by atoms with van der Waals surface area (Å²) in [6.45, 7) is 2.33. The van der Waals surface area contributed by atoms with Crippen molar-refractivity contribution < 1.29 is 13.9 Å². The van der Waals surface area contributed by atoms with Gasteiger partial charge in [0, 0.05) is 41.3 Å². The first kappa shape index (κ1) is 16.8. The van der Waals surface area contributed by atoms with Crippen molar-refractivity contribution in [2.75, 3.05) is 12.4 Å². The number of carbonyl (C=O) groups is 1. The highest BCUT2D eigenvalue weighted by Gasteiger charge is 2.16. The Morgan fingerprint density at radius 2 is 2.16 bits per heavy atom. The Labute approximate surface area is 144 Å². The van der Waals surface area contributed by atoms with E-state index in [2.05, 4.69) is 15.3 Å². The predicted molar refractivity (Wildman–Crippen MR) is 93.7 cm³/mol. The van der Waals surface area contributed by atoms with Gasteiger partial charge >= 0.3 is 5.97 Å². The summed E-state index contributed by atoms with van der Waals surface area (Å²) in [7, 11) is 1.34. The maximum Gasteiger partial charge on any atom is 0.310 e. The number of benzene rings is 1. The van der Waals surface area contributed by atoms with E-state index in [9.17, 15) is 9.18 Å². The Hall–Kier alpha value is -3.02. The molecule has 25 heavy (non-hydrogen) atoms. The normalized spacial score (nSPS) is 10.7. The molecule has 1 aromatic carbocycles. The molecule has 2 heterocycles. The van der Waals surface area contributed by atoms with Crippen molar-refractivity contribution in [3.8, 4) is 0 Å². The number of methoxy groups -OCH3 is 1. The van der Waals surface area contributed by atoms with Crippen LogP contribution in [-0.4, -0.2) is 23.0 Å². The van der Waals surface area contributed by atoms with Gasteiger partial charge in [0.15, 0.2) is 0 Å². The maximum atomic E-state index is 13.8. The molecule has 6 heteroatoms. The summed E-state index contributed by atoms with van der Waals surface area (Å²) in [5.41, 5.74) is 3.75. The summed E-state index contributed by atoms with van der Waals surface area (Å²) in [6.07, 6.45) is 3.52. The highest BCUT2D eigenvalue weighted by atomic mass is 19.1. The number of fused-ring (bicyclic) bond motifs is 1. The van der Waals surface area contributed by atoms with Gasteiger partial charge in [0.2, 0.25) is 0 Å². The molecule has 0 bridgehead atoms. The number of hydrogen-bond donors (Lipinski definition) is 1. The third kappa shape index (κ3) is 3.74. The van der Waals surface area contributed by atoms with Crippen LogP contribution in [0.25, 0.3) is 10.9 Å². The Balaban J connectivity index is 2.08. The quantitative estimate of drug-likeness (QED) is 0.722. The first-order chi connectivity index (χ1) is 12.1. The molecule has 3 aromatic rings. The van der Waals surface area contributed by atoms with Crippen molar-refractivity contribution in [3.63, 3.8) is 0 Å². The fourth-order valence-corrected chi connectivity index (χ4v) is 2.73. The van der Waals surface area contributed by atoms with Crippen LogP contribution in [0.5, 0.6) is 0 Å². The van der Waals surface area contributed by atoms with E-state index in [0.29, 0.717) is 34.4 Å². The third-order valence-electron chi connectivity index (χ3n) is 4.00. The van der Waals surface area contributed by atoms with E-state index in [-0.39, 0.29) is 18.2 Å². The summed E-state index contributed by atoms with van der Waals surface area (Å²) < 4.78 is 18.6. The van der Waals surface area contributed by atoms with Gasteiger partial charge in [-0.2, -0.15) is 0 Å². The molecule has 0 spiro atoms. The number of rotatable bonds is 5. The van der Waals surface area contributed by atoms with Gasteiger partial charge in [-0.15, -0.1) is 0 Å². The van der Waals surface area contributed by atoms with Crippen LogP contribution < -0.4 is 5.32 Å². The van der Waals surface area contributed by atoms with Gasteiger partial charge in [-0.25, -0.2) is 4.39 Å². The van der Waals surface area contributed by atoms with Crippen molar-refractivity contribution in [3.05, 3.63) is 65.4 Å². The van der Waals surface area contributed by atoms with Crippen LogP contribution in [0.3, 0.4) is 0 Å². The van der Waals surface area contributed by atoms with E-state index in [1.165, 1.54) is 19.2 Å². The first-order valence-corrected chi connectivity index (χ1v) is 7.87. The van der Waals surface area contributed by atoms with E-state index in [1.54, 1.807) is 18.5 Å². The summed E-state index contributed by atoms with van der Waals surface area (Å²) >= 11 is 0. The lowest BCUT2D eigenvalue weighted by molar-refractivity contribution is -0.139. The number of aromatic nitrogens is 2. The zero-order chi connectivity index (χ0) is 17.8. The molecular weight excluding hydrogens is 321 g/mol. The Bertz CT molecular complexity index is 913. The second-order valence-corrected chi connectivity index (χ2v) is 5.68. The molecule has 1 N–H and O–H groups in total. The minimum atomic E-state index is -0.370. The molecule has 128 valence electrons. The van der Waals surface area contributed by atoms with Gasteiger partial charge < -0.3 is 10.1 Å². The monoisotopic (exact) mass is 339 g/mol. The van der Waals surface area contributed by atoms with E-state index in [4.69, 9.17) is 4.74 Å². The van der Waals surface area contributed by atoms with E-state index in [0.717, 1.165) is 5.56 Å². The Morgan fingerprint density at radius 1 is 1.32 bits per heavy atom. The number of hydrogen-bond acceptors (Lipinski definition) is 5. The molecule has 0 saturated carbocycles. The molecule has 0 unspecified atom stereocenters. The van der Waals surface area contributed by atoms with E-state index < -0.39 is 0 Å². The van der Waals surface area contributed by atoms with Crippen LogP contribution in [0, 0.1) is 12.7 Å². The summed E-state index contributed by atoms with van der Waals surface area (Å²) in [6, 6.07) is 8.22. The van der Waals surface area contributed by atoms with Crippen LogP contribution in [0.1, 0.15) is 16.8 Å². The Morgan fingerprint density at radius 3 is 2.88 bits per heavy atom. The summed E-state index contributed by atoms with van der Waals surface area (Å²) in [4.78, 5) is 20.4. The molecule has 0 aliphatic carbocycles. The number of pyridine rings is 2. The fraction of sp³-hybridized carbons (Fsp3) is 0.211. The van der Waals surface area contributed by atoms with Crippen LogP contribution >= 0.6 is 0 Å². The lowest BCUT2D eigenvalue weighted by Gasteiger charge is -2.17. The molecule has 0 atom stereocenters. The number of nitrogens with zero attached hydrogens (tertiary/aromatic N) is 2. The van der Waals surface area contributed by atoms with Gasteiger partial charge in [0.05, 0.1) is 19.0 Å². The highest BCUT2D eigenvalue weighted by molar-refractivity contribution is 5.95. The van der Waals surface area contributed by atoms with Gasteiger partial charge in [0.25, 0.3) is 0 Å². The van der Waals surface area contributed by atoms with E-state index in [1.807, 2.05) is 19.1 Å². The topological polar surface area (TPSA) is 64.1 Å². The molecular formula is C19H18FN3O2. The minimum absolute atomic E-state index is 0.0666. The molecule has 0 aliphatic rings. The summed E-state index contributed by atoms with van der Waals surface area (Å²) in [5, 5.41) is 3.95. The second kappa shape index (κ2) is 7.25. The highest BCUT2D eigenvalue weighted by Crippen LogP contribution is 2.30. The van der Waals surface area contributed by atoms with Crippen LogP contribution in [0.2, 0.25) is 0 Å². The van der Waals surface area contributed by atoms with Gasteiger partial charge in [-0.1, -0.05) is 6.07 Å². The van der Waals surface area contributed by atoms with Crippen molar-refractivity contribution in [2.45, 2.75) is 19.9 Å². The van der Waals surface area contributed by atoms with Crippen molar-refractivity contribution in [1.29, 1.82) is 0 Å². The molecule has 3 rings (SSSR count). The molecule has 5 nitrogen and oxygen atoms in total. The van der Waals surface area contributed by atoms with Crippen LogP contribution in [-0.2, 0) is 22.5 Å². The fourth-order valence-electron chi connectivity index (χ4n) is 2.73. The largest absolute Gasteiger partial charge is 0.469 e. The van der Waals surface area contributed by atoms with Crippen molar-refractivity contribution in [2.24, 2.45) is 0 Å². The van der Waals surface area contributed by atoms with Crippen LogP contribution in [0.4, 0.5) is 10.1 Å². The molecule has 0 saturated heterocycles. The minimum Gasteiger partial charge on any atom is -0.469 e. The lowest BCUT2D eigenvalue weighted by Crippen LogP contribution is -2.12. The molecule has 0 fully saturated rings. The molecule has 0 amide bonds. The number of halogens is 1. The maximum absolute atomic E-state index is 13.8. The number of esters is 1. The third-order valence-corrected chi connectivity index (χ3v) is 4.00. The zero-order valence-electron chi connectivity index (χ0n) is 14.0. The average Bonchev–Trinajstić information content (AvgIpc) is 2.62. The standard InChI is InChI=1S/C19H18FN3O2/c1-12-15(9-18(24)25-2)19(22-11-13-4-3-7-21-10-13)16-8-14(20)5-6-17(16)23-12/h3-8,10H,9,11H2,1-2H3,(H,22,23). The first-order valence-electron chi connectivity index (χ1n) is 7.87. The average molecular weight is 339 g/mol. The number of nitrogens with one attached hydrogen (secondary N) is 1. The zero-order valence-corrected chi connectivity index (χ0v) is 14.0. The van der Waals surface area contributed by atoms with E-state index >= 15 is 0 Å². The SMILES string of the molecule is COC(=O)Cc1c(C)nc2ccc(F)cc2c1NCc1cccnc1. The van der Waals surface area contributed by atoms with Gasteiger partial charge in [0.1, 0.15) is 5.82 Å². The number of aryl methyl sites for hydroxylation is 1. The molecule has 2 aromatic heterocycles. The number of ether oxygens (including phenoxy) is 1. The Kier molecular flexibility index (Phi) is 4.88. The van der Waals surface area contributed by atoms with Crippen LogP contribution in [0.15, 0.2) is 42.7 Å².